The van der Waals surface area contributed by atoms with Crippen molar-refractivity contribution in [1.29, 1.82) is 0 Å². The molecule has 0 spiro atoms. The first-order valence-electron chi connectivity index (χ1n) is 10.5. The Labute approximate surface area is 190 Å². The minimum absolute atomic E-state index is 0.00253. The first-order valence-corrected chi connectivity index (χ1v) is 11.9. The molecule has 1 aliphatic rings. The third-order valence-corrected chi connectivity index (χ3v) is 8.13. The Hall–Kier alpha value is -2.98. The fourth-order valence-corrected chi connectivity index (χ4v) is 6.41. The lowest BCUT2D eigenvalue weighted by Crippen LogP contribution is -2.34. The molecular formula is C23H24F2N2O5S. The Kier molecular flexibility index (Phi) is 6.15. The van der Waals surface area contributed by atoms with Gasteiger partial charge in [-0.15, -0.1) is 0 Å². The van der Waals surface area contributed by atoms with Crippen LogP contribution in [-0.2, 0) is 21.2 Å². The summed E-state index contributed by atoms with van der Waals surface area (Å²) in [6, 6.07) is 12.0. The molecule has 10 heteroatoms. The van der Waals surface area contributed by atoms with Gasteiger partial charge < -0.3 is 14.4 Å². The molecule has 33 heavy (non-hydrogen) atoms. The molecule has 176 valence electrons. The number of hydrogen-bond acceptors (Lipinski definition) is 4. The highest BCUT2D eigenvalue weighted by Gasteiger charge is 2.39. The first-order chi connectivity index (χ1) is 15.6. The lowest BCUT2D eigenvalue weighted by Gasteiger charge is -2.21. The van der Waals surface area contributed by atoms with Gasteiger partial charge in [0, 0.05) is 35.2 Å². The van der Waals surface area contributed by atoms with Gasteiger partial charge in [0.2, 0.25) is 10.0 Å². The Balaban J connectivity index is 1.66. The van der Waals surface area contributed by atoms with Crippen molar-refractivity contribution in [3.8, 4) is 5.75 Å². The van der Waals surface area contributed by atoms with Crippen LogP contribution in [0.4, 0.5) is 8.78 Å². The highest BCUT2D eigenvalue weighted by molar-refractivity contribution is 7.89. The summed E-state index contributed by atoms with van der Waals surface area (Å²) in [6.45, 7) is 0.912. The maximum atomic E-state index is 13.3. The Morgan fingerprint density at radius 1 is 1.18 bits per heavy atom. The molecule has 1 fully saturated rings. The molecule has 2 aromatic carbocycles. The van der Waals surface area contributed by atoms with E-state index in [9.17, 15) is 27.1 Å². The molecule has 0 aliphatic carbocycles. The van der Waals surface area contributed by atoms with Gasteiger partial charge in [-0.3, -0.25) is 4.79 Å². The standard InChI is InChI=1S/C23H24F2N2O5S/c1-14-11-16(27-15(2)20(12-22(28)29)19-5-3-4-6-21(19)27)13-26(14)33(30,31)18-9-7-17(8-10-18)32-23(24)25/h3-10,14,16,23H,11-13H2,1-2H3,(H,28,29)/t14-,16+/m0/s1. The van der Waals surface area contributed by atoms with Crippen LogP contribution in [-0.4, -0.2) is 47.6 Å². The lowest BCUT2D eigenvalue weighted by molar-refractivity contribution is -0.136. The Morgan fingerprint density at radius 2 is 1.85 bits per heavy atom. The molecule has 2 heterocycles. The zero-order valence-corrected chi connectivity index (χ0v) is 18.9. The van der Waals surface area contributed by atoms with Crippen molar-refractivity contribution in [2.75, 3.05) is 6.54 Å². The normalized spacial score (nSPS) is 19.4. The van der Waals surface area contributed by atoms with Gasteiger partial charge >= 0.3 is 12.6 Å². The van der Waals surface area contributed by atoms with E-state index in [4.69, 9.17) is 0 Å². The number of carbonyl (C=O) groups is 1. The van der Waals surface area contributed by atoms with Crippen molar-refractivity contribution in [2.45, 2.75) is 50.3 Å². The van der Waals surface area contributed by atoms with Gasteiger partial charge in [0.15, 0.2) is 0 Å². The number of rotatable bonds is 7. The number of sulfonamides is 1. The van der Waals surface area contributed by atoms with Crippen LogP contribution in [0.5, 0.6) is 5.75 Å². The summed E-state index contributed by atoms with van der Waals surface area (Å²) in [5.41, 5.74) is 2.40. The molecule has 1 saturated heterocycles. The Morgan fingerprint density at radius 3 is 2.48 bits per heavy atom. The summed E-state index contributed by atoms with van der Waals surface area (Å²) in [4.78, 5) is 11.4. The minimum atomic E-state index is -3.87. The Bertz CT molecular complexity index is 1290. The quantitative estimate of drug-likeness (QED) is 0.550. The van der Waals surface area contributed by atoms with E-state index in [0.717, 1.165) is 22.2 Å². The highest BCUT2D eigenvalue weighted by atomic mass is 32.2. The van der Waals surface area contributed by atoms with Gasteiger partial charge in [-0.05, 0) is 56.2 Å². The number of fused-ring (bicyclic) bond motifs is 1. The zero-order valence-electron chi connectivity index (χ0n) is 18.1. The van der Waals surface area contributed by atoms with Crippen LogP contribution in [0.3, 0.4) is 0 Å². The van der Waals surface area contributed by atoms with E-state index < -0.39 is 22.6 Å². The fourth-order valence-electron chi connectivity index (χ4n) is 4.73. The number of alkyl halides is 2. The predicted octanol–water partition coefficient (Wildman–Crippen LogP) is 4.20. The lowest BCUT2D eigenvalue weighted by atomic mass is 10.1. The van der Waals surface area contributed by atoms with Crippen molar-refractivity contribution in [1.82, 2.24) is 8.87 Å². The van der Waals surface area contributed by atoms with Gasteiger partial charge in [0.25, 0.3) is 0 Å². The molecule has 4 rings (SSSR count). The van der Waals surface area contributed by atoms with Crippen LogP contribution in [0.1, 0.15) is 30.6 Å². The summed E-state index contributed by atoms with van der Waals surface area (Å²) in [5, 5.41) is 10.2. The molecule has 0 bridgehead atoms. The van der Waals surface area contributed by atoms with Crippen LogP contribution in [0.25, 0.3) is 10.9 Å². The molecule has 2 atom stereocenters. The molecule has 1 aliphatic heterocycles. The van der Waals surface area contributed by atoms with Gasteiger partial charge in [0.1, 0.15) is 5.75 Å². The molecule has 0 saturated carbocycles. The molecule has 3 aromatic rings. The minimum Gasteiger partial charge on any atom is -0.481 e. The molecule has 7 nitrogen and oxygen atoms in total. The van der Waals surface area contributed by atoms with Crippen molar-refractivity contribution in [3.63, 3.8) is 0 Å². The van der Waals surface area contributed by atoms with Gasteiger partial charge in [-0.2, -0.15) is 13.1 Å². The largest absolute Gasteiger partial charge is 0.481 e. The fraction of sp³-hybridized carbons (Fsp3) is 0.348. The third kappa shape index (κ3) is 4.32. The number of aliphatic carboxylic acids is 1. The molecule has 0 radical (unpaired) electrons. The molecule has 1 N–H and O–H groups in total. The number of benzene rings is 2. The summed E-state index contributed by atoms with van der Waals surface area (Å²) < 4.78 is 59.1. The van der Waals surface area contributed by atoms with Crippen LogP contribution in [0, 0.1) is 6.92 Å². The first kappa shape index (κ1) is 23.2. The maximum Gasteiger partial charge on any atom is 0.387 e. The van der Waals surface area contributed by atoms with Crippen molar-refractivity contribution in [3.05, 3.63) is 59.8 Å². The summed E-state index contributed by atoms with van der Waals surface area (Å²) in [7, 11) is -3.87. The number of ether oxygens (including phenoxy) is 1. The van der Waals surface area contributed by atoms with E-state index in [1.807, 2.05) is 42.7 Å². The molecule has 0 amide bonds. The van der Waals surface area contributed by atoms with E-state index in [1.165, 1.54) is 28.6 Å². The second-order valence-electron chi connectivity index (χ2n) is 8.18. The maximum absolute atomic E-state index is 13.3. The second-order valence-corrected chi connectivity index (χ2v) is 10.1. The van der Waals surface area contributed by atoms with Crippen molar-refractivity contribution in [2.24, 2.45) is 0 Å². The SMILES string of the molecule is Cc1c(CC(=O)O)c2ccccc2n1[C@@H]1C[C@H](C)N(S(=O)(=O)c2ccc(OC(F)F)cc2)C1. The topological polar surface area (TPSA) is 88.8 Å². The molecular weight excluding hydrogens is 454 g/mol. The average molecular weight is 479 g/mol. The number of hydrogen-bond donors (Lipinski definition) is 1. The number of nitrogens with zero attached hydrogens (tertiary/aromatic N) is 2. The second kappa shape index (κ2) is 8.75. The summed E-state index contributed by atoms with van der Waals surface area (Å²) in [5.74, 6) is -1.04. The zero-order chi connectivity index (χ0) is 23.9. The van der Waals surface area contributed by atoms with Crippen LogP contribution in [0.2, 0.25) is 0 Å². The van der Waals surface area contributed by atoms with E-state index in [-0.39, 0.29) is 35.7 Å². The van der Waals surface area contributed by atoms with E-state index >= 15 is 0 Å². The third-order valence-electron chi connectivity index (χ3n) is 6.13. The monoisotopic (exact) mass is 478 g/mol. The number of aromatic nitrogens is 1. The molecule has 1 aromatic heterocycles. The summed E-state index contributed by atoms with van der Waals surface area (Å²) in [6.07, 6.45) is 0.439. The number of para-hydroxylation sites is 1. The van der Waals surface area contributed by atoms with Crippen LogP contribution >= 0.6 is 0 Å². The van der Waals surface area contributed by atoms with E-state index in [0.29, 0.717) is 6.42 Å². The van der Waals surface area contributed by atoms with Gasteiger partial charge in [-0.1, -0.05) is 18.2 Å². The smallest absolute Gasteiger partial charge is 0.387 e. The van der Waals surface area contributed by atoms with Crippen LogP contribution in [0.15, 0.2) is 53.4 Å². The predicted molar refractivity (Wildman–Crippen MR) is 118 cm³/mol. The highest BCUT2D eigenvalue weighted by Crippen LogP contribution is 2.38. The van der Waals surface area contributed by atoms with Crippen molar-refractivity contribution >= 4 is 26.9 Å². The van der Waals surface area contributed by atoms with Gasteiger partial charge in [0.05, 0.1) is 11.3 Å². The average Bonchev–Trinajstić information content (AvgIpc) is 3.26. The van der Waals surface area contributed by atoms with E-state index in [1.54, 1.807) is 0 Å². The number of halogens is 2. The van der Waals surface area contributed by atoms with Crippen LogP contribution < -0.4 is 4.74 Å². The summed E-state index contributed by atoms with van der Waals surface area (Å²) >= 11 is 0. The molecule has 0 unspecified atom stereocenters. The van der Waals surface area contributed by atoms with E-state index in [2.05, 4.69) is 4.74 Å². The number of carboxylic acid groups (broad SMARTS) is 1. The number of carboxylic acids is 1. The van der Waals surface area contributed by atoms with Crippen molar-refractivity contribution < 1.29 is 31.8 Å². The van der Waals surface area contributed by atoms with Gasteiger partial charge in [-0.25, -0.2) is 8.42 Å².